The Kier molecular flexibility index (Phi) is 2.90. The summed E-state index contributed by atoms with van der Waals surface area (Å²) in [4.78, 5) is 22.4. The minimum absolute atomic E-state index is 0.0293. The Bertz CT molecular complexity index is 183. The maximum atomic E-state index is 10.9. The van der Waals surface area contributed by atoms with Gasteiger partial charge in [-0.1, -0.05) is 0 Å². The molecule has 1 aliphatic rings. The highest BCUT2D eigenvalue weighted by molar-refractivity contribution is 5.68. The van der Waals surface area contributed by atoms with Gasteiger partial charge in [0.15, 0.2) is 0 Å². The Labute approximate surface area is 70.7 Å². The summed E-state index contributed by atoms with van der Waals surface area (Å²) >= 11 is 0. The zero-order valence-electron chi connectivity index (χ0n) is 6.87. The van der Waals surface area contributed by atoms with Crippen LogP contribution in [0.3, 0.4) is 0 Å². The van der Waals surface area contributed by atoms with Crippen LogP contribution in [-0.2, 0) is 9.53 Å². The Hall–Kier alpha value is -1.26. The lowest BCUT2D eigenvalue weighted by molar-refractivity contribution is 0.132. The fourth-order valence-electron chi connectivity index (χ4n) is 1.26. The number of carbonyl (C=O) groups is 1. The molecule has 67 valence electrons. The van der Waals surface area contributed by atoms with E-state index in [1.54, 1.807) is 11.3 Å². The van der Waals surface area contributed by atoms with Crippen LogP contribution in [0.4, 0.5) is 4.79 Å². The smallest absolute Gasteiger partial charge is 0.409 e. The first-order chi connectivity index (χ1) is 5.77. The van der Waals surface area contributed by atoms with Crippen LogP contribution in [0, 0.1) is 0 Å². The van der Waals surface area contributed by atoms with Crippen molar-refractivity contribution in [3.8, 4) is 0 Å². The number of nitrogens with zero attached hydrogens (tertiary/aromatic N) is 1. The lowest BCUT2D eigenvalue weighted by Crippen LogP contribution is -2.34. The minimum atomic E-state index is -0.342. The number of hydrogen-bond acceptors (Lipinski definition) is 3. The predicted octanol–water partition coefficient (Wildman–Crippen LogP) is -0.516. The molecular formula is C7H11N2O3. The summed E-state index contributed by atoms with van der Waals surface area (Å²) in [5, 5.41) is 2.50. The van der Waals surface area contributed by atoms with Gasteiger partial charge in [-0.3, -0.25) is 4.79 Å². The highest BCUT2D eigenvalue weighted by Crippen LogP contribution is 2.09. The van der Waals surface area contributed by atoms with Gasteiger partial charge in [-0.2, -0.15) is 0 Å². The van der Waals surface area contributed by atoms with E-state index >= 15 is 0 Å². The van der Waals surface area contributed by atoms with Crippen LogP contribution in [0.25, 0.3) is 0 Å². The number of carbonyl (C=O) groups excluding carboxylic acids is 2. The van der Waals surface area contributed by atoms with Crippen LogP contribution < -0.4 is 5.32 Å². The second kappa shape index (κ2) is 3.94. The van der Waals surface area contributed by atoms with Crippen LogP contribution in [0.5, 0.6) is 0 Å². The van der Waals surface area contributed by atoms with Crippen LogP contribution in [0.2, 0.25) is 0 Å². The Morgan fingerprint density at radius 1 is 1.75 bits per heavy atom. The second-order valence-corrected chi connectivity index (χ2v) is 2.65. The monoisotopic (exact) mass is 171 g/mol. The molecule has 5 nitrogen and oxygen atoms in total. The summed E-state index contributed by atoms with van der Waals surface area (Å²) in [7, 11) is 1.34. The van der Waals surface area contributed by atoms with E-state index in [2.05, 4.69) is 10.1 Å². The zero-order chi connectivity index (χ0) is 8.97. The van der Waals surface area contributed by atoms with Crippen molar-refractivity contribution in [1.29, 1.82) is 0 Å². The van der Waals surface area contributed by atoms with E-state index in [1.165, 1.54) is 7.11 Å². The number of likely N-dealkylation sites (tertiary alicyclic amines) is 1. The molecule has 12 heavy (non-hydrogen) atoms. The molecule has 0 saturated carbocycles. The molecule has 1 atom stereocenters. The number of ether oxygens (including phenoxy) is 1. The number of nitrogens with one attached hydrogen (secondary N) is 1. The van der Waals surface area contributed by atoms with E-state index < -0.39 is 0 Å². The van der Waals surface area contributed by atoms with E-state index in [9.17, 15) is 9.59 Å². The molecule has 1 rings (SSSR count). The van der Waals surface area contributed by atoms with Gasteiger partial charge in [-0.15, -0.1) is 0 Å². The molecule has 1 aliphatic heterocycles. The molecule has 0 aromatic heterocycles. The third-order valence-corrected chi connectivity index (χ3v) is 1.88. The minimum Gasteiger partial charge on any atom is -0.453 e. The Morgan fingerprint density at radius 2 is 2.50 bits per heavy atom. The molecule has 1 unspecified atom stereocenters. The molecule has 0 aromatic rings. The van der Waals surface area contributed by atoms with Crippen LogP contribution in [-0.4, -0.2) is 43.6 Å². The summed E-state index contributed by atoms with van der Waals surface area (Å²) in [5.74, 6) is 0. The topological polar surface area (TPSA) is 58.6 Å². The van der Waals surface area contributed by atoms with Gasteiger partial charge in [-0.25, -0.2) is 4.79 Å². The lowest BCUT2D eigenvalue weighted by atomic mass is 10.3. The van der Waals surface area contributed by atoms with Crippen molar-refractivity contribution in [2.24, 2.45) is 0 Å². The van der Waals surface area contributed by atoms with E-state index in [0.717, 1.165) is 6.42 Å². The van der Waals surface area contributed by atoms with Crippen LogP contribution in [0.15, 0.2) is 0 Å². The molecule has 0 bridgehead atoms. The molecule has 1 heterocycles. The summed E-state index contributed by atoms with van der Waals surface area (Å²) in [5.41, 5.74) is 0. The van der Waals surface area contributed by atoms with Crippen molar-refractivity contribution < 1.29 is 14.3 Å². The number of amides is 2. The number of hydrogen-bond donors (Lipinski definition) is 1. The highest BCUT2D eigenvalue weighted by atomic mass is 16.5. The standard InChI is InChI=1S/C7H11N2O3/c1-12-7(11)9-3-2-6(4-9)8-5-10/h6H,2-4H2,1H3,(H,8,10). The van der Waals surface area contributed by atoms with E-state index in [0.29, 0.717) is 13.1 Å². The summed E-state index contributed by atoms with van der Waals surface area (Å²) in [6, 6.07) is 0.0293. The largest absolute Gasteiger partial charge is 0.453 e. The average molecular weight is 171 g/mol. The van der Waals surface area contributed by atoms with Crippen molar-refractivity contribution in [1.82, 2.24) is 10.2 Å². The van der Waals surface area contributed by atoms with Gasteiger partial charge in [0.25, 0.3) is 0 Å². The van der Waals surface area contributed by atoms with Gasteiger partial charge in [0.2, 0.25) is 0 Å². The molecule has 1 fully saturated rings. The molecular weight excluding hydrogens is 160 g/mol. The third kappa shape index (κ3) is 1.87. The number of methoxy groups -OCH3 is 1. The van der Waals surface area contributed by atoms with E-state index in [4.69, 9.17) is 0 Å². The Morgan fingerprint density at radius 3 is 3.08 bits per heavy atom. The number of rotatable bonds is 2. The maximum Gasteiger partial charge on any atom is 0.409 e. The molecule has 5 heteroatoms. The fourth-order valence-corrected chi connectivity index (χ4v) is 1.26. The normalized spacial score (nSPS) is 22.1. The molecule has 0 aromatic carbocycles. The SMILES string of the molecule is COC(=O)N1CCC(N[C]=O)C1. The van der Waals surface area contributed by atoms with Gasteiger partial charge in [-0.05, 0) is 6.42 Å². The third-order valence-electron chi connectivity index (χ3n) is 1.88. The summed E-state index contributed by atoms with van der Waals surface area (Å²) < 4.78 is 4.52. The molecule has 1 saturated heterocycles. The first-order valence-corrected chi connectivity index (χ1v) is 3.73. The van der Waals surface area contributed by atoms with Gasteiger partial charge >= 0.3 is 12.5 Å². The molecule has 2 amide bonds. The van der Waals surface area contributed by atoms with Crippen molar-refractivity contribution in [2.75, 3.05) is 20.2 Å². The predicted molar refractivity (Wildman–Crippen MR) is 41.2 cm³/mol. The second-order valence-electron chi connectivity index (χ2n) is 2.65. The lowest BCUT2D eigenvalue weighted by Gasteiger charge is -2.13. The maximum absolute atomic E-state index is 10.9. The molecule has 0 aliphatic carbocycles. The fraction of sp³-hybridized carbons (Fsp3) is 0.714. The van der Waals surface area contributed by atoms with E-state index in [1.807, 2.05) is 0 Å². The highest BCUT2D eigenvalue weighted by Gasteiger charge is 2.26. The van der Waals surface area contributed by atoms with E-state index in [-0.39, 0.29) is 12.1 Å². The van der Waals surface area contributed by atoms with Crippen LogP contribution in [0.1, 0.15) is 6.42 Å². The quantitative estimate of drug-likeness (QED) is 0.569. The zero-order valence-corrected chi connectivity index (χ0v) is 6.87. The Balaban J connectivity index is 2.34. The van der Waals surface area contributed by atoms with Crippen molar-refractivity contribution in [3.63, 3.8) is 0 Å². The van der Waals surface area contributed by atoms with Gasteiger partial charge < -0.3 is 15.0 Å². The first-order valence-electron chi connectivity index (χ1n) is 3.73. The van der Waals surface area contributed by atoms with Crippen LogP contribution >= 0.6 is 0 Å². The van der Waals surface area contributed by atoms with Crippen molar-refractivity contribution in [2.45, 2.75) is 12.5 Å². The van der Waals surface area contributed by atoms with Crippen molar-refractivity contribution in [3.05, 3.63) is 0 Å². The molecule has 0 spiro atoms. The first kappa shape index (κ1) is 8.83. The molecule has 1 N–H and O–H groups in total. The van der Waals surface area contributed by atoms with Gasteiger partial charge in [0.05, 0.1) is 7.11 Å². The van der Waals surface area contributed by atoms with Crippen molar-refractivity contribution >= 4 is 12.5 Å². The van der Waals surface area contributed by atoms with Gasteiger partial charge in [0.1, 0.15) is 0 Å². The van der Waals surface area contributed by atoms with Gasteiger partial charge in [0, 0.05) is 19.1 Å². The summed E-state index contributed by atoms with van der Waals surface area (Å²) in [6.45, 7) is 1.15. The molecule has 1 radical (unpaired) electrons. The average Bonchev–Trinajstić information content (AvgIpc) is 2.52. The summed E-state index contributed by atoms with van der Waals surface area (Å²) in [6.07, 6.45) is 2.03.